The molecule has 0 unspecified atom stereocenters. The van der Waals surface area contributed by atoms with Crippen molar-refractivity contribution >= 4 is 27.6 Å². The summed E-state index contributed by atoms with van der Waals surface area (Å²) in [5.74, 6) is -1.20. The van der Waals surface area contributed by atoms with Gasteiger partial charge in [-0.3, -0.25) is 9.69 Å². The molecule has 0 bridgehead atoms. The molecule has 30 heavy (non-hydrogen) atoms. The predicted octanol–water partition coefficient (Wildman–Crippen LogP) is 3.30. The molecule has 2 heterocycles. The van der Waals surface area contributed by atoms with Crippen molar-refractivity contribution in [2.24, 2.45) is 0 Å². The van der Waals surface area contributed by atoms with Crippen LogP contribution in [0.25, 0.3) is 0 Å². The van der Waals surface area contributed by atoms with E-state index in [2.05, 4.69) is 0 Å². The number of nitrogens with zero attached hydrogens (tertiary/aromatic N) is 2. The van der Waals surface area contributed by atoms with Gasteiger partial charge in [0.1, 0.15) is 4.90 Å². The van der Waals surface area contributed by atoms with Crippen molar-refractivity contribution in [1.82, 2.24) is 3.97 Å². The number of para-hydroxylation sites is 1. The van der Waals surface area contributed by atoms with Gasteiger partial charge in [0.05, 0.1) is 18.0 Å². The minimum absolute atomic E-state index is 0.0605. The Bertz CT molecular complexity index is 1230. The molecule has 0 aliphatic carbocycles. The molecule has 4 rings (SSSR count). The van der Waals surface area contributed by atoms with Gasteiger partial charge in [0.15, 0.2) is 6.04 Å². The highest BCUT2D eigenvalue weighted by Gasteiger charge is 2.43. The van der Waals surface area contributed by atoms with Crippen LogP contribution in [0.3, 0.4) is 0 Å². The molecule has 0 saturated heterocycles. The van der Waals surface area contributed by atoms with Crippen LogP contribution in [0.5, 0.6) is 0 Å². The number of carbonyl (C=O) groups excluding carboxylic acids is 2. The largest absolute Gasteiger partial charge is 0.464 e. The van der Waals surface area contributed by atoms with Crippen molar-refractivity contribution in [2.45, 2.75) is 24.8 Å². The summed E-state index contributed by atoms with van der Waals surface area (Å²) >= 11 is 0. The first-order valence-corrected chi connectivity index (χ1v) is 10.9. The number of amides is 1. The Kier molecular flexibility index (Phi) is 4.95. The number of ether oxygens (including phenoxy) is 1. The lowest BCUT2D eigenvalue weighted by Crippen LogP contribution is -2.40. The Morgan fingerprint density at radius 3 is 2.40 bits per heavy atom. The lowest BCUT2D eigenvalue weighted by molar-refractivity contribution is -0.144. The van der Waals surface area contributed by atoms with Crippen molar-refractivity contribution in [3.63, 3.8) is 0 Å². The van der Waals surface area contributed by atoms with E-state index < -0.39 is 27.9 Å². The maximum absolute atomic E-state index is 13.6. The smallest absolute Gasteiger partial charge is 0.335 e. The number of anilines is 1. The predicted molar refractivity (Wildman–Crippen MR) is 111 cm³/mol. The van der Waals surface area contributed by atoms with Gasteiger partial charge >= 0.3 is 5.97 Å². The van der Waals surface area contributed by atoms with E-state index in [0.29, 0.717) is 5.56 Å². The third-order valence-corrected chi connectivity index (χ3v) is 6.72. The molecule has 154 valence electrons. The van der Waals surface area contributed by atoms with Crippen LogP contribution in [-0.2, 0) is 19.6 Å². The minimum atomic E-state index is -4.02. The summed E-state index contributed by atoms with van der Waals surface area (Å²) in [6.45, 7) is 3.65. The second kappa shape index (κ2) is 7.46. The standard InChI is InChI=1S/C22H20N2O5S/c1-3-29-22(26)20-18-8-6-14-23(18)30(27,28)19-9-5-4-7-17(19)24(20)21(25)16-12-10-15(2)11-13-16/h4-14,20H,3H2,1-2H3/t20-/m1/s1. The van der Waals surface area contributed by atoms with Gasteiger partial charge in [0.25, 0.3) is 15.9 Å². The van der Waals surface area contributed by atoms with Gasteiger partial charge in [-0.15, -0.1) is 0 Å². The first-order chi connectivity index (χ1) is 14.4. The molecule has 1 aromatic heterocycles. The number of hydrogen-bond donors (Lipinski definition) is 0. The Balaban J connectivity index is 2.02. The van der Waals surface area contributed by atoms with Gasteiger partial charge in [-0.05, 0) is 50.2 Å². The lowest BCUT2D eigenvalue weighted by Gasteiger charge is -2.29. The van der Waals surface area contributed by atoms with Crippen molar-refractivity contribution in [2.75, 3.05) is 11.5 Å². The normalized spacial score (nSPS) is 16.9. The van der Waals surface area contributed by atoms with E-state index in [1.165, 1.54) is 35.4 Å². The van der Waals surface area contributed by atoms with Crippen LogP contribution in [0, 0.1) is 6.92 Å². The van der Waals surface area contributed by atoms with Crippen LogP contribution in [-0.4, -0.2) is 30.9 Å². The third-order valence-electron chi connectivity index (χ3n) is 4.97. The molecule has 0 saturated carbocycles. The number of aryl methyl sites for hydroxylation is 1. The van der Waals surface area contributed by atoms with Gasteiger partial charge < -0.3 is 4.74 Å². The molecule has 8 heteroatoms. The molecule has 0 spiro atoms. The molecule has 0 N–H and O–H groups in total. The molecule has 3 aromatic rings. The molecule has 1 aliphatic heterocycles. The fourth-order valence-electron chi connectivity index (χ4n) is 3.57. The highest BCUT2D eigenvalue weighted by molar-refractivity contribution is 7.90. The van der Waals surface area contributed by atoms with Crippen molar-refractivity contribution < 1.29 is 22.7 Å². The van der Waals surface area contributed by atoms with E-state index in [-0.39, 0.29) is 22.9 Å². The van der Waals surface area contributed by atoms with Crippen molar-refractivity contribution in [3.8, 4) is 0 Å². The Morgan fingerprint density at radius 2 is 1.70 bits per heavy atom. The second-order valence-electron chi connectivity index (χ2n) is 6.90. The van der Waals surface area contributed by atoms with Crippen LogP contribution in [0.4, 0.5) is 5.69 Å². The molecule has 7 nitrogen and oxygen atoms in total. The summed E-state index contributed by atoms with van der Waals surface area (Å²) in [6.07, 6.45) is 1.37. The number of benzene rings is 2. The average Bonchev–Trinajstić information content (AvgIpc) is 3.19. The zero-order valence-corrected chi connectivity index (χ0v) is 17.3. The van der Waals surface area contributed by atoms with Gasteiger partial charge in [0, 0.05) is 11.8 Å². The molecular weight excluding hydrogens is 404 g/mol. The molecule has 2 aromatic carbocycles. The van der Waals surface area contributed by atoms with Crippen LogP contribution >= 0.6 is 0 Å². The molecule has 0 radical (unpaired) electrons. The van der Waals surface area contributed by atoms with E-state index in [1.807, 2.05) is 6.92 Å². The van der Waals surface area contributed by atoms with E-state index in [1.54, 1.807) is 43.3 Å². The highest BCUT2D eigenvalue weighted by Crippen LogP contribution is 2.39. The van der Waals surface area contributed by atoms with Crippen LogP contribution in [0.15, 0.2) is 71.8 Å². The van der Waals surface area contributed by atoms with E-state index >= 15 is 0 Å². The quantitative estimate of drug-likeness (QED) is 0.602. The van der Waals surface area contributed by atoms with Gasteiger partial charge in [-0.1, -0.05) is 29.8 Å². The van der Waals surface area contributed by atoms with Gasteiger partial charge in [-0.25, -0.2) is 17.2 Å². The first-order valence-electron chi connectivity index (χ1n) is 9.45. The summed E-state index contributed by atoms with van der Waals surface area (Å²) in [5.41, 5.74) is 1.58. The molecule has 1 amide bonds. The minimum Gasteiger partial charge on any atom is -0.464 e. The number of aromatic nitrogens is 1. The van der Waals surface area contributed by atoms with E-state index in [9.17, 15) is 18.0 Å². The van der Waals surface area contributed by atoms with Crippen molar-refractivity contribution in [3.05, 3.63) is 83.7 Å². The molecule has 0 fully saturated rings. The van der Waals surface area contributed by atoms with Crippen LogP contribution < -0.4 is 4.90 Å². The maximum atomic E-state index is 13.6. The summed E-state index contributed by atoms with van der Waals surface area (Å²) in [7, 11) is -4.02. The average molecular weight is 424 g/mol. The fourth-order valence-corrected chi connectivity index (χ4v) is 5.13. The van der Waals surface area contributed by atoms with Crippen molar-refractivity contribution in [1.29, 1.82) is 0 Å². The molecule has 1 aliphatic rings. The second-order valence-corrected chi connectivity index (χ2v) is 8.68. The maximum Gasteiger partial charge on any atom is 0.335 e. The summed E-state index contributed by atoms with van der Waals surface area (Å²) < 4.78 is 32.9. The summed E-state index contributed by atoms with van der Waals surface area (Å²) in [6, 6.07) is 14.8. The SMILES string of the molecule is CCOC(=O)[C@H]1c2cccn2S(=O)(=O)c2ccccc2N1C(=O)c1ccc(C)cc1. The lowest BCUT2D eigenvalue weighted by atomic mass is 10.1. The van der Waals surface area contributed by atoms with Crippen LogP contribution in [0.2, 0.25) is 0 Å². The summed E-state index contributed by atoms with van der Waals surface area (Å²) in [5, 5.41) is 0. The fraction of sp³-hybridized carbons (Fsp3) is 0.182. The number of rotatable bonds is 3. The highest BCUT2D eigenvalue weighted by atomic mass is 32.2. The van der Waals surface area contributed by atoms with E-state index in [4.69, 9.17) is 4.74 Å². The number of esters is 1. The Labute approximate surface area is 174 Å². The Hall–Kier alpha value is -3.39. The number of hydrogen-bond acceptors (Lipinski definition) is 5. The van der Waals surface area contributed by atoms with Crippen LogP contribution in [0.1, 0.15) is 34.6 Å². The van der Waals surface area contributed by atoms with E-state index in [0.717, 1.165) is 9.54 Å². The zero-order chi connectivity index (χ0) is 21.5. The monoisotopic (exact) mass is 424 g/mol. The first kappa shape index (κ1) is 19.9. The zero-order valence-electron chi connectivity index (χ0n) is 16.5. The number of carbonyl (C=O) groups is 2. The van der Waals surface area contributed by atoms with Gasteiger partial charge in [-0.2, -0.15) is 0 Å². The third kappa shape index (κ3) is 3.09. The summed E-state index contributed by atoms with van der Waals surface area (Å²) in [4.78, 5) is 27.8. The topological polar surface area (TPSA) is 85.7 Å². The Morgan fingerprint density at radius 1 is 1.00 bits per heavy atom. The number of fused-ring (bicyclic) bond motifs is 2. The molecule has 1 atom stereocenters. The van der Waals surface area contributed by atoms with Gasteiger partial charge in [0.2, 0.25) is 0 Å². The molecular formula is C22H20N2O5S.